The predicted octanol–water partition coefficient (Wildman–Crippen LogP) is 1.67. The maximum Gasteiger partial charge on any atom is 0.225 e. The van der Waals surface area contributed by atoms with Gasteiger partial charge in [-0.25, -0.2) is 15.0 Å². The standard InChI is InChI=1S/C21H24N6O2/c28-15-17-14-16-4-1-2-5-18(16)25-20(17)22-9-6-19(29)26-10-12-27(13-11-26)21-23-7-3-8-24-21/h1-5,7-8,14,28H,6,9-13,15H2,(H,22,25). The number of hydrogen-bond acceptors (Lipinski definition) is 7. The number of nitrogens with one attached hydrogen (secondary N) is 1. The molecule has 4 rings (SSSR count). The van der Waals surface area contributed by atoms with Gasteiger partial charge < -0.3 is 20.2 Å². The highest BCUT2D eigenvalue weighted by Gasteiger charge is 2.22. The summed E-state index contributed by atoms with van der Waals surface area (Å²) in [5, 5.41) is 13.8. The van der Waals surface area contributed by atoms with Gasteiger partial charge in [0.15, 0.2) is 0 Å². The van der Waals surface area contributed by atoms with Crippen molar-refractivity contribution in [2.45, 2.75) is 13.0 Å². The van der Waals surface area contributed by atoms with Crippen LogP contribution in [-0.2, 0) is 11.4 Å². The summed E-state index contributed by atoms with van der Waals surface area (Å²) in [5.41, 5.74) is 1.59. The third-order valence-corrected chi connectivity index (χ3v) is 5.07. The minimum Gasteiger partial charge on any atom is -0.392 e. The van der Waals surface area contributed by atoms with E-state index in [1.165, 1.54) is 0 Å². The normalized spacial score (nSPS) is 14.2. The first-order chi connectivity index (χ1) is 14.2. The molecule has 8 nitrogen and oxygen atoms in total. The fourth-order valence-electron chi connectivity index (χ4n) is 3.49. The number of rotatable bonds is 6. The SMILES string of the molecule is O=C(CCNc1nc2ccccc2cc1CO)N1CCN(c2ncccn2)CC1. The summed E-state index contributed by atoms with van der Waals surface area (Å²) in [6.45, 7) is 3.14. The fourth-order valence-corrected chi connectivity index (χ4v) is 3.49. The number of anilines is 2. The maximum absolute atomic E-state index is 12.6. The van der Waals surface area contributed by atoms with E-state index in [1.54, 1.807) is 18.5 Å². The lowest BCUT2D eigenvalue weighted by Crippen LogP contribution is -2.49. The zero-order valence-corrected chi connectivity index (χ0v) is 16.2. The van der Waals surface area contributed by atoms with Crippen molar-refractivity contribution >= 4 is 28.6 Å². The van der Waals surface area contributed by atoms with Crippen molar-refractivity contribution < 1.29 is 9.90 Å². The molecule has 1 aromatic carbocycles. The molecule has 3 aromatic rings. The lowest BCUT2D eigenvalue weighted by Gasteiger charge is -2.34. The molecule has 1 aliphatic rings. The van der Waals surface area contributed by atoms with E-state index >= 15 is 0 Å². The molecular weight excluding hydrogens is 368 g/mol. The number of carbonyl (C=O) groups excluding carboxylic acids is 1. The molecule has 29 heavy (non-hydrogen) atoms. The van der Waals surface area contributed by atoms with Crippen LogP contribution in [0.2, 0.25) is 0 Å². The first-order valence-corrected chi connectivity index (χ1v) is 9.78. The Balaban J connectivity index is 1.30. The van der Waals surface area contributed by atoms with Crippen LogP contribution in [0.5, 0.6) is 0 Å². The predicted molar refractivity (Wildman–Crippen MR) is 112 cm³/mol. The minimum atomic E-state index is -0.0996. The molecule has 3 heterocycles. The third kappa shape index (κ3) is 4.43. The van der Waals surface area contributed by atoms with E-state index in [4.69, 9.17) is 0 Å². The number of para-hydroxylation sites is 1. The number of aliphatic hydroxyl groups excluding tert-OH is 1. The molecule has 0 atom stereocenters. The summed E-state index contributed by atoms with van der Waals surface area (Å²) in [7, 11) is 0. The van der Waals surface area contributed by atoms with E-state index in [9.17, 15) is 9.90 Å². The number of benzene rings is 1. The number of carbonyl (C=O) groups is 1. The Labute approximate surface area is 169 Å². The average molecular weight is 392 g/mol. The van der Waals surface area contributed by atoms with Crippen LogP contribution in [0.15, 0.2) is 48.8 Å². The molecule has 0 radical (unpaired) electrons. The van der Waals surface area contributed by atoms with E-state index in [0.717, 1.165) is 29.6 Å². The molecule has 1 fully saturated rings. The molecule has 0 aliphatic carbocycles. The van der Waals surface area contributed by atoms with Crippen LogP contribution in [-0.4, -0.2) is 63.6 Å². The summed E-state index contributed by atoms with van der Waals surface area (Å²) in [5.74, 6) is 1.45. The molecule has 0 bridgehead atoms. The highest BCUT2D eigenvalue weighted by Crippen LogP contribution is 2.20. The Hall–Kier alpha value is -3.26. The van der Waals surface area contributed by atoms with Crippen molar-refractivity contribution in [2.75, 3.05) is 42.9 Å². The van der Waals surface area contributed by atoms with Gasteiger partial charge in [0.05, 0.1) is 12.1 Å². The van der Waals surface area contributed by atoms with Crippen LogP contribution in [0.25, 0.3) is 10.9 Å². The second-order valence-electron chi connectivity index (χ2n) is 6.94. The van der Waals surface area contributed by atoms with Gasteiger partial charge >= 0.3 is 0 Å². The largest absolute Gasteiger partial charge is 0.392 e. The number of aliphatic hydroxyl groups is 1. The van der Waals surface area contributed by atoms with Crippen LogP contribution in [0.1, 0.15) is 12.0 Å². The Kier molecular flexibility index (Phi) is 5.81. The number of pyridine rings is 1. The molecule has 1 aliphatic heterocycles. The molecule has 0 spiro atoms. The highest BCUT2D eigenvalue weighted by atomic mass is 16.3. The van der Waals surface area contributed by atoms with Gasteiger partial charge in [0, 0.05) is 62.5 Å². The number of aromatic nitrogens is 3. The summed E-state index contributed by atoms with van der Waals surface area (Å²) in [6, 6.07) is 11.5. The summed E-state index contributed by atoms with van der Waals surface area (Å²) < 4.78 is 0. The van der Waals surface area contributed by atoms with Gasteiger partial charge in [0.25, 0.3) is 0 Å². The molecule has 1 saturated heterocycles. The van der Waals surface area contributed by atoms with Crippen molar-refractivity contribution in [3.8, 4) is 0 Å². The van der Waals surface area contributed by atoms with Crippen LogP contribution >= 0.6 is 0 Å². The number of hydrogen-bond donors (Lipinski definition) is 2. The van der Waals surface area contributed by atoms with Gasteiger partial charge in [0.1, 0.15) is 5.82 Å². The first kappa shape index (κ1) is 19.1. The van der Waals surface area contributed by atoms with Gasteiger partial charge in [-0.1, -0.05) is 18.2 Å². The van der Waals surface area contributed by atoms with Crippen LogP contribution in [0, 0.1) is 0 Å². The molecule has 0 unspecified atom stereocenters. The van der Waals surface area contributed by atoms with Gasteiger partial charge in [-0.2, -0.15) is 0 Å². The number of fused-ring (bicyclic) bond motifs is 1. The fraction of sp³-hybridized carbons (Fsp3) is 0.333. The number of nitrogens with zero attached hydrogens (tertiary/aromatic N) is 5. The quantitative estimate of drug-likeness (QED) is 0.659. The second-order valence-corrected chi connectivity index (χ2v) is 6.94. The lowest BCUT2D eigenvalue weighted by atomic mass is 10.1. The molecule has 2 N–H and O–H groups in total. The average Bonchev–Trinajstić information content (AvgIpc) is 2.79. The topological polar surface area (TPSA) is 94.5 Å². The Morgan fingerprint density at radius 3 is 2.59 bits per heavy atom. The molecule has 8 heteroatoms. The zero-order valence-electron chi connectivity index (χ0n) is 16.2. The van der Waals surface area contributed by atoms with Crippen molar-refractivity contribution in [2.24, 2.45) is 0 Å². The molecule has 0 saturated carbocycles. The van der Waals surface area contributed by atoms with Crippen molar-refractivity contribution in [3.05, 3.63) is 54.4 Å². The Morgan fingerprint density at radius 1 is 1.07 bits per heavy atom. The van der Waals surface area contributed by atoms with Gasteiger partial charge in [-0.3, -0.25) is 4.79 Å². The first-order valence-electron chi connectivity index (χ1n) is 9.78. The molecule has 2 aromatic heterocycles. The van der Waals surface area contributed by atoms with Crippen LogP contribution < -0.4 is 10.2 Å². The molecule has 150 valence electrons. The van der Waals surface area contributed by atoms with Gasteiger partial charge in [-0.05, 0) is 18.2 Å². The molecule has 1 amide bonds. The molecular formula is C21H24N6O2. The number of amides is 1. The van der Waals surface area contributed by atoms with E-state index < -0.39 is 0 Å². The minimum absolute atomic E-state index is 0.0996. The van der Waals surface area contributed by atoms with Crippen molar-refractivity contribution in [1.29, 1.82) is 0 Å². The van der Waals surface area contributed by atoms with E-state index in [-0.39, 0.29) is 12.5 Å². The van der Waals surface area contributed by atoms with Gasteiger partial charge in [-0.15, -0.1) is 0 Å². The summed E-state index contributed by atoms with van der Waals surface area (Å²) >= 11 is 0. The van der Waals surface area contributed by atoms with E-state index in [1.807, 2.05) is 35.2 Å². The Bertz CT molecular complexity index is 973. The number of piperazine rings is 1. The van der Waals surface area contributed by atoms with Gasteiger partial charge in [0.2, 0.25) is 11.9 Å². The third-order valence-electron chi connectivity index (χ3n) is 5.07. The second kappa shape index (κ2) is 8.83. The van der Waals surface area contributed by atoms with Crippen molar-refractivity contribution in [3.63, 3.8) is 0 Å². The monoisotopic (exact) mass is 392 g/mol. The maximum atomic E-state index is 12.6. The van der Waals surface area contributed by atoms with Crippen LogP contribution in [0.4, 0.5) is 11.8 Å². The van der Waals surface area contributed by atoms with E-state index in [0.29, 0.717) is 37.8 Å². The lowest BCUT2D eigenvalue weighted by molar-refractivity contribution is -0.131. The van der Waals surface area contributed by atoms with E-state index in [2.05, 4.69) is 25.2 Å². The smallest absolute Gasteiger partial charge is 0.225 e. The van der Waals surface area contributed by atoms with Crippen molar-refractivity contribution in [1.82, 2.24) is 19.9 Å². The summed E-state index contributed by atoms with van der Waals surface area (Å²) in [4.78, 5) is 29.7. The van der Waals surface area contributed by atoms with Crippen LogP contribution in [0.3, 0.4) is 0 Å². The summed E-state index contributed by atoms with van der Waals surface area (Å²) in [6.07, 6.45) is 3.83. The zero-order chi connectivity index (χ0) is 20.1. The Morgan fingerprint density at radius 2 is 1.83 bits per heavy atom. The highest BCUT2D eigenvalue weighted by molar-refractivity contribution is 5.82.